The van der Waals surface area contributed by atoms with Gasteiger partial charge in [-0.15, -0.1) is 0 Å². The van der Waals surface area contributed by atoms with Crippen molar-refractivity contribution < 1.29 is 9.90 Å². The summed E-state index contributed by atoms with van der Waals surface area (Å²) >= 11 is 0. The lowest BCUT2D eigenvalue weighted by atomic mass is 9.93. The molecule has 56 valence electrons. The van der Waals surface area contributed by atoms with Crippen LogP contribution in [0.4, 0.5) is 0 Å². The van der Waals surface area contributed by atoms with Gasteiger partial charge in [-0.3, -0.25) is 4.79 Å². The minimum Gasteiger partial charge on any atom is -0.481 e. The van der Waals surface area contributed by atoms with Crippen LogP contribution in [0.25, 0.3) is 0 Å². The first-order valence-corrected chi connectivity index (χ1v) is 3.72. The van der Waals surface area contributed by atoms with Gasteiger partial charge in [0.05, 0.1) is 5.92 Å². The monoisotopic (exact) mass is 141 g/mol. The average molecular weight is 141 g/mol. The van der Waals surface area contributed by atoms with Crippen LogP contribution in [-0.2, 0) is 4.79 Å². The lowest BCUT2D eigenvalue weighted by Gasteiger charge is -2.17. The molecule has 3 nitrogen and oxygen atoms in total. The molecule has 3 atom stereocenters. The quantitative estimate of drug-likeness (QED) is 0.559. The summed E-state index contributed by atoms with van der Waals surface area (Å²) in [6.07, 6.45) is 1.09. The lowest BCUT2D eigenvalue weighted by Crippen LogP contribution is -2.28. The van der Waals surface area contributed by atoms with Gasteiger partial charge in [-0.05, 0) is 18.9 Å². The zero-order valence-corrected chi connectivity index (χ0v) is 5.79. The maximum atomic E-state index is 10.6. The molecule has 0 aliphatic carbocycles. The molecular weight excluding hydrogens is 130 g/mol. The highest BCUT2D eigenvalue weighted by atomic mass is 16.4. The van der Waals surface area contributed by atoms with Gasteiger partial charge in [0, 0.05) is 13.1 Å². The van der Waals surface area contributed by atoms with Crippen LogP contribution in [0.2, 0.25) is 0 Å². The minimum atomic E-state index is -0.604. The molecule has 2 heterocycles. The van der Waals surface area contributed by atoms with Crippen molar-refractivity contribution in [3.05, 3.63) is 0 Å². The molecule has 2 fully saturated rings. The van der Waals surface area contributed by atoms with Crippen molar-refractivity contribution in [2.45, 2.75) is 6.42 Å². The lowest BCUT2D eigenvalue weighted by molar-refractivity contribution is -0.143. The first-order valence-electron chi connectivity index (χ1n) is 3.72. The third-order valence-electron chi connectivity index (χ3n) is 2.65. The van der Waals surface area contributed by atoms with Gasteiger partial charge in [-0.25, -0.2) is 0 Å². The summed E-state index contributed by atoms with van der Waals surface area (Å²) in [4.78, 5) is 12.8. The van der Waals surface area contributed by atoms with Gasteiger partial charge in [-0.1, -0.05) is 0 Å². The number of hydrogen-bond acceptors (Lipinski definition) is 2. The summed E-state index contributed by atoms with van der Waals surface area (Å²) in [7, 11) is 0. The predicted octanol–water partition coefficient (Wildman–Crippen LogP) is 0.0227. The fourth-order valence-electron chi connectivity index (χ4n) is 2.06. The van der Waals surface area contributed by atoms with Crippen molar-refractivity contribution >= 4 is 5.97 Å². The van der Waals surface area contributed by atoms with Crippen LogP contribution >= 0.6 is 0 Å². The SMILES string of the molecule is O=C(O)[C@@H]1CN2CC[C@@H]1C2. The number of hydrogen-bond donors (Lipinski definition) is 1. The second-order valence-electron chi connectivity index (χ2n) is 3.25. The van der Waals surface area contributed by atoms with Crippen molar-refractivity contribution in [2.75, 3.05) is 19.6 Å². The van der Waals surface area contributed by atoms with Crippen LogP contribution in [-0.4, -0.2) is 35.6 Å². The van der Waals surface area contributed by atoms with Crippen LogP contribution in [0.5, 0.6) is 0 Å². The number of carbonyl (C=O) groups is 1. The van der Waals surface area contributed by atoms with E-state index in [-0.39, 0.29) is 5.92 Å². The number of aliphatic carboxylic acids is 1. The molecule has 2 aliphatic rings. The van der Waals surface area contributed by atoms with Gasteiger partial charge in [0.1, 0.15) is 0 Å². The van der Waals surface area contributed by atoms with Crippen molar-refractivity contribution in [2.24, 2.45) is 11.8 Å². The molecule has 2 rings (SSSR count). The van der Waals surface area contributed by atoms with E-state index in [4.69, 9.17) is 5.11 Å². The van der Waals surface area contributed by atoms with E-state index in [0.717, 1.165) is 26.1 Å². The van der Waals surface area contributed by atoms with E-state index in [1.54, 1.807) is 0 Å². The number of piperidine rings is 1. The normalized spacial score (nSPS) is 44.2. The number of fused-ring (bicyclic) bond motifs is 2. The maximum Gasteiger partial charge on any atom is 0.308 e. The Labute approximate surface area is 59.6 Å². The highest BCUT2D eigenvalue weighted by Gasteiger charge is 2.41. The van der Waals surface area contributed by atoms with Gasteiger partial charge in [0.2, 0.25) is 0 Å². The van der Waals surface area contributed by atoms with Crippen LogP contribution < -0.4 is 0 Å². The van der Waals surface area contributed by atoms with Crippen molar-refractivity contribution in [1.82, 2.24) is 4.90 Å². The van der Waals surface area contributed by atoms with E-state index >= 15 is 0 Å². The van der Waals surface area contributed by atoms with Gasteiger partial charge in [0.25, 0.3) is 0 Å². The Morgan fingerprint density at radius 3 is 2.60 bits per heavy atom. The standard InChI is InChI=1S/C7H11NO2/c9-7(10)6-4-8-2-1-5(6)3-8/h5-6H,1-4H2,(H,9,10)/t5-,6-/m1/s1. The molecule has 0 amide bonds. The minimum absolute atomic E-state index is 0.0613. The van der Waals surface area contributed by atoms with E-state index in [1.807, 2.05) is 0 Å². The second kappa shape index (κ2) is 1.95. The molecule has 0 aromatic rings. The molecule has 0 aromatic carbocycles. The third-order valence-corrected chi connectivity index (χ3v) is 2.65. The molecule has 0 aromatic heterocycles. The molecule has 2 saturated heterocycles. The van der Waals surface area contributed by atoms with Gasteiger partial charge in [-0.2, -0.15) is 0 Å². The molecule has 0 spiro atoms. The molecule has 0 radical (unpaired) electrons. The Morgan fingerprint density at radius 1 is 1.50 bits per heavy atom. The Bertz CT molecular complexity index is 169. The molecule has 3 heteroatoms. The maximum absolute atomic E-state index is 10.6. The summed E-state index contributed by atoms with van der Waals surface area (Å²) in [5, 5.41) is 8.71. The third kappa shape index (κ3) is 0.736. The Kier molecular flexibility index (Phi) is 1.20. The van der Waals surface area contributed by atoms with E-state index in [2.05, 4.69) is 4.90 Å². The zero-order valence-electron chi connectivity index (χ0n) is 5.79. The van der Waals surface area contributed by atoms with Crippen LogP contribution in [0.15, 0.2) is 0 Å². The Balaban J connectivity index is 2.08. The number of carboxylic acids is 1. The number of carboxylic acid groups (broad SMARTS) is 1. The summed E-state index contributed by atoms with van der Waals surface area (Å²) in [5.41, 5.74) is 0. The summed E-state index contributed by atoms with van der Waals surface area (Å²) < 4.78 is 0. The Hall–Kier alpha value is -0.570. The smallest absolute Gasteiger partial charge is 0.308 e. The molecular formula is C7H11NO2. The summed E-state index contributed by atoms with van der Waals surface area (Å²) in [6, 6.07) is 0. The molecule has 0 saturated carbocycles. The van der Waals surface area contributed by atoms with Crippen molar-refractivity contribution in [3.8, 4) is 0 Å². The topological polar surface area (TPSA) is 40.5 Å². The van der Waals surface area contributed by atoms with Crippen molar-refractivity contribution in [1.29, 1.82) is 0 Å². The van der Waals surface area contributed by atoms with Gasteiger partial charge < -0.3 is 10.0 Å². The second-order valence-corrected chi connectivity index (χ2v) is 3.25. The predicted molar refractivity (Wildman–Crippen MR) is 35.7 cm³/mol. The van der Waals surface area contributed by atoms with E-state index in [0.29, 0.717) is 5.92 Å². The van der Waals surface area contributed by atoms with Gasteiger partial charge >= 0.3 is 5.97 Å². The van der Waals surface area contributed by atoms with Gasteiger partial charge in [0.15, 0.2) is 0 Å². The van der Waals surface area contributed by atoms with E-state index < -0.39 is 5.97 Å². The molecule has 2 bridgehead atoms. The van der Waals surface area contributed by atoms with Crippen LogP contribution in [0.1, 0.15) is 6.42 Å². The fraction of sp³-hybridized carbons (Fsp3) is 0.857. The molecule has 10 heavy (non-hydrogen) atoms. The largest absolute Gasteiger partial charge is 0.481 e. The molecule has 1 unspecified atom stereocenters. The van der Waals surface area contributed by atoms with Crippen LogP contribution in [0, 0.1) is 11.8 Å². The average Bonchev–Trinajstić information content (AvgIpc) is 2.44. The van der Waals surface area contributed by atoms with E-state index in [1.165, 1.54) is 0 Å². The first-order chi connectivity index (χ1) is 4.77. The highest BCUT2D eigenvalue weighted by Crippen LogP contribution is 2.32. The summed E-state index contributed by atoms with van der Waals surface area (Å²) in [6.45, 7) is 2.94. The number of rotatable bonds is 1. The highest BCUT2D eigenvalue weighted by molar-refractivity contribution is 5.71. The van der Waals surface area contributed by atoms with Crippen molar-refractivity contribution in [3.63, 3.8) is 0 Å². The van der Waals surface area contributed by atoms with E-state index in [9.17, 15) is 4.79 Å². The molecule has 2 aliphatic heterocycles. The molecule has 1 N–H and O–H groups in total. The zero-order chi connectivity index (χ0) is 7.14. The summed E-state index contributed by atoms with van der Waals surface area (Å²) in [5.74, 6) is -0.210. The Morgan fingerprint density at radius 2 is 2.30 bits per heavy atom. The number of nitrogens with zero attached hydrogens (tertiary/aromatic N) is 1. The fourth-order valence-corrected chi connectivity index (χ4v) is 2.06. The van der Waals surface area contributed by atoms with Crippen LogP contribution in [0.3, 0.4) is 0 Å². The first kappa shape index (κ1) is 6.16.